The van der Waals surface area contributed by atoms with E-state index in [-0.39, 0.29) is 23.9 Å². The molecule has 2 saturated heterocycles. The molecule has 0 spiro atoms. The van der Waals surface area contributed by atoms with Crippen molar-refractivity contribution in [2.75, 3.05) is 0 Å². The van der Waals surface area contributed by atoms with Crippen molar-refractivity contribution in [1.29, 1.82) is 0 Å². The predicted octanol–water partition coefficient (Wildman–Crippen LogP) is 2.70. The Kier molecular flexibility index (Phi) is 3.06. The van der Waals surface area contributed by atoms with Crippen LogP contribution in [-0.2, 0) is 17.6 Å². The van der Waals surface area contributed by atoms with Gasteiger partial charge in [0.2, 0.25) is 0 Å². The zero-order chi connectivity index (χ0) is 14.6. The molecule has 21 heavy (non-hydrogen) atoms. The van der Waals surface area contributed by atoms with Gasteiger partial charge in [0, 0.05) is 17.0 Å². The first-order valence-electron chi connectivity index (χ1n) is 7.82. The number of thiophene rings is 1. The number of carboxylic acids is 1. The van der Waals surface area contributed by atoms with E-state index in [2.05, 4.69) is 6.07 Å². The first kappa shape index (κ1) is 13.3. The van der Waals surface area contributed by atoms with E-state index in [0.717, 1.165) is 30.6 Å². The largest absolute Gasteiger partial charge is 0.481 e. The van der Waals surface area contributed by atoms with Crippen LogP contribution in [0.15, 0.2) is 6.07 Å². The second-order valence-electron chi connectivity index (χ2n) is 6.46. The summed E-state index contributed by atoms with van der Waals surface area (Å²) in [7, 11) is 0. The fourth-order valence-electron chi connectivity index (χ4n) is 4.29. The normalized spacial score (nSPS) is 30.5. The maximum Gasteiger partial charge on any atom is 0.308 e. The highest BCUT2D eigenvalue weighted by molar-refractivity contribution is 7.14. The van der Waals surface area contributed by atoms with Crippen molar-refractivity contribution < 1.29 is 14.7 Å². The highest BCUT2D eigenvalue weighted by Crippen LogP contribution is 2.43. The second-order valence-corrected chi connectivity index (χ2v) is 7.59. The van der Waals surface area contributed by atoms with Gasteiger partial charge < -0.3 is 10.0 Å². The van der Waals surface area contributed by atoms with E-state index < -0.39 is 5.97 Å². The van der Waals surface area contributed by atoms with Gasteiger partial charge in [-0.2, -0.15) is 0 Å². The lowest BCUT2D eigenvalue weighted by Crippen LogP contribution is -2.37. The fourth-order valence-corrected chi connectivity index (χ4v) is 5.49. The molecular weight excluding hydrogens is 286 g/mol. The number of rotatable bonds is 2. The van der Waals surface area contributed by atoms with Crippen molar-refractivity contribution in [3.05, 3.63) is 21.4 Å². The standard InChI is InChI=1S/C16H19NO3S/c18-15(14-7-9-3-1-2-4-13(9)21-14)17-10-5-6-12(17)11(8-10)16(19)20/h7,10-12H,1-6,8H2,(H,19,20). The molecule has 0 aromatic carbocycles. The molecule has 2 bridgehead atoms. The summed E-state index contributed by atoms with van der Waals surface area (Å²) in [5.41, 5.74) is 1.34. The summed E-state index contributed by atoms with van der Waals surface area (Å²) in [6, 6.07) is 2.12. The SMILES string of the molecule is O=C(O)C1CC2CCC1N2C(=O)c1cc2c(s1)CCCC2. The summed E-state index contributed by atoms with van der Waals surface area (Å²) in [5, 5.41) is 9.30. The molecule has 1 aliphatic carbocycles. The number of hydrogen-bond donors (Lipinski definition) is 1. The van der Waals surface area contributed by atoms with E-state index in [4.69, 9.17) is 0 Å². The molecule has 2 fully saturated rings. The Hall–Kier alpha value is -1.36. The summed E-state index contributed by atoms with van der Waals surface area (Å²) in [5.74, 6) is -1.03. The van der Waals surface area contributed by atoms with Gasteiger partial charge in [-0.25, -0.2) is 0 Å². The Labute approximate surface area is 127 Å². The molecule has 0 radical (unpaired) electrons. The second kappa shape index (κ2) is 4.83. The molecule has 3 atom stereocenters. The highest BCUT2D eigenvalue weighted by atomic mass is 32.1. The Bertz CT molecular complexity index is 585. The number of amides is 1. The van der Waals surface area contributed by atoms with Gasteiger partial charge in [0.1, 0.15) is 0 Å². The van der Waals surface area contributed by atoms with Crippen LogP contribution in [0.25, 0.3) is 0 Å². The molecule has 4 rings (SSSR count). The van der Waals surface area contributed by atoms with Crippen molar-refractivity contribution in [1.82, 2.24) is 4.90 Å². The van der Waals surface area contributed by atoms with Crippen molar-refractivity contribution in [2.45, 2.75) is 57.0 Å². The van der Waals surface area contributed by atoms with Crippen LogP contribution < -0.4 is 0 Å². The molecule has 5 heteroatoms. The third kappa shape index (κ3) is 2.01. The highest BCUT2D eigenvalue weighted by Gasteiger charge is 2.51. The topological polar surface area (TPSA) is 57.6 Å². The maximum absolute atomic E-state index is 12.8. The van der Waals surface area contributed by atoms with Gasteiger partial charge >= 0.3 is 5.97 Å². The van der Waals surface area contributed by atoms with Crippen molar-refractivity contribution in [3.63, 3.8) is 0 Å². The van der Waals surface area contributed by atoms with Gasteiger partial charge in [0.05, 0.1) is 10.8 Å². The Morgan fingerprint density at radius 1 is 1.24 bits per heavy atom. The molecule has 1 aromatic heterocycles. The summed E-state index contributed by atoms with van der Waals surface area (Å²) in [6.07, 6.45) is 7.06. The number of carboxylic acid groups (broad SMARTS) is 1. The van der Waals surface area contributed by atoms with Crippen LogP contribution in [0.3, 0.4) is 0 Å². The Balaban J connectivity index is 1.60. The van der Waals surface area contributed by atoms with Crippen LogP contribution in [0, 0.1) is 5.92 Å². The van der Waals surface area contributed by atoms with E-state index in [0.29, 0.717) is 6.42 Å². The van der Waals surface area contributed by atoms with E-state index in [1.165, 1.54) is 23.3 Å². The van der Waals surface area contributed by atoms with Gasteiger partial charge in [-0.05, 0) is 56.6 Å². The third-order valence-corrected chi connectivity index (χ3v) is 6.52. The lowest BCUT2D eigenvalue weighted by Gasteiger charge is -2.22. The number of aryl methyl sites for hydroxylation is 2. The predicted molar refractivity (Wildman–Crippen MR) is 79.7 cm³/mol. The fraction of sp³-hybridized carbons (Fsp3) is 0.625. The van der Waals surface area contributed by atoms with E-state index in [1.807, 2.05) is 4.90 Å². The van der Waals surface area contributed by atoms with Gasteiger partial charge in [-0.15, -0.1) is 11.3 Å². The molecule has 4 nitrogen and oxygen atoms in total. The lowest BCUT2D eigenvalue weighted by atomic mass is 9.89. The van der Waals surface area contributed by atoms with Crippen LogP contribution in [0.1, 0.15) is 52.2 Å². The average Bonchev–Trinajstić information content (AvgIpc) is 3.18. The first-order valence-corrected chi connectivity index (χ1v) is 8.64. The third-order valence-electron chi connectivity index (χ3n) is 5.30. The molecule has 112 valence electrons. The summed E-state index contributed by atoms with van der Waals surface area (Å²) in [4.78, 5) is 28.2. The van der Waals surface area contributed by atoms with Crippen molar-refractivity contribution >= 4 is 23.2 Å². The molecule has 0 saturated carbocycles. The number of hydrogen-bond acceptors (Lipinski definition) is 3. The van der Waals surface area contributed by atoms with Gasteiger partial charge in [-0.1, -0.05) is 0 Å². The van der Waals surface area contributed by atoms with Gasteiger partial charge in [0.25, 0.3) is 5.91 Å². The van der Waals surface area contributed by atoms with Crippen LogP contribution in [-0.4, -0.2) is 34.0 Å². The maximum atomic E-state index is 12.8. The average molecular weight is 305 g/mol. The molecule has 1 N–H and O–H groups in total. The molecule has 1 amide bonds. The van der Waals surface area contributed by atoms with Crippen molar-refractivity contribution in [2.24, 2.45) is 5.92 Å². The van der Waals surface area contributed by atoms with E-state index >= 15 is 0 Å². The minimum absolute atomic E-state index is 0.0747. The smallest absolute Gasteiger partial charge is 0.308 e. The summed E-state index contributed by atoms with van der Waals surface area (Å²) < 4.78 is 0. The van der Waals surface area contributed by atoms with Crippen molar-refractivity contribution in [3.8, 4) is 0 Å². The number of fused-ring (bicyclic) bond motifs is 3. The number of nitrogens with zero attached hydrogens (tertiary/aromatic N) is 1. The lowest BCUT2D eigenvalue weighted by molar-refractivity contribution is -0.142. The molecule has 2 aliphatic heterocycles. The quantitative estimate of drug-likeness (QED) is 0.914. The van der Waals surface area contributed by atoms with Gasteiger partial charge in [0.15, 0.2) is 0 Å². The van der Waals surface area contributed by atoms with Crippen LogP contribution >= 0.6 is 11.3 Å². The molecular formula is C16H19NO3S. The number of aliphatic carboxylic acids is 1. The molecule has 1 aromatic rings. The van der Waals surface area contributed by atoms with Gasteiger partial charge in [-0.3, -0.25) is 9.59 Å². The Morgan fingerprint density at radius 2 is 2.05 bits per heavy atom. The van der Waals surface area contributed by atoms with E-state index in [9.17, 15) is 14.7 Å². The van der Waals surface area contributed by atoms with Crippen LogP contribution in [0.5, 0.6) is 0 Å². The summed E-state index contributed by atoms with van der Waals surface area (Å²) >= 11 is 1.63. The van der Waals surface area contributed by atoms with E-state index in [1.54, 1.807) is 11.3 Å². The molecule has 3 unspecified atom stereocenters. The summed E-state index contributed by atoms with van der Waals surface area (Å²) in [6.45, 7) is 0. The zero-order valence-electron chi connectivity index (χ0n) is 11.9. The zero-order valence-corrected chi connectivity index (χ0v) is 12.7. The molecule has 3 aliphatic rings. The first-order chi connectivity index (χ1) is 10.1. The number of carbonyl (C=O) groups excluding carboxylic acids is 1. The molecule has 3 heterocycles. The minimum atomic E-state index is -0.745. The van der Waals surface area contributed by atoms with Crippen LogP contribution in [0.2, 0.25) is 0 Å². The minimum Gasteiger partial charge on any atom is -0.481 e. The van der Waals surface area contributed by atoms with Crippen LogP contribution in [0.4, 0.5) is 0 Å². The monoisotopic (exact) mass is 305 g/mol. The number of carbonyl (C=O) groups is 2. The Morgan fingerprint density at radius 3 is 2.76 bits per heavy atom.